The van der Waals surface area contributed by atoms with E-state index in [4.69, 9.17) is 4.74 Å². The SMILES string of the molecule is C/C=C/C(=O)N(CC(=O)OCC)C(C)CC. The molecule has 0 aliphatic heterocycles. The molecule has 0 aromatic rings. The first-order valence-electron chi connectivity index (χ1n) is 5.65. The number of nitrogens with zero attached hydrogens (tertiary/aromatic N) is 1. The minimum Gasteiger partial charge on any atom is -0.465 e. The Morgan fingerprint density at radius 2 is 2.00 bits per heavy atom. The van der Waals surface area contributed by atoms with E-state index in [1.807, 2.05) is 13.8 Å². The lowest BCUT2D eigenvalue weighted by Crippen LogP contribution is -2.41. The standard InChI is InChI=1S/C12H21NO3/c1-5-8-11(14)13(10(4)6-2)9-12(15)16-7-3/h5,8,10H,6-7,9H2,1-4H3/b8-5+. The second-order valence-electron chi connectivity index (χ2n) is 3.53. The number of ether oxygens (including phenoxy) is 1. The molecule has 1 atom stereocenters. The molecule has 1 amide bonds. The summed E-state index contributed by atoms with van der Waals surface area (Å²) in [6.45, 7) is 7.78. The Morgan fingerprint density at radius 3 is 2.44 bits per heavy atom. The van der Waals surface area contributed by atoms with E-state index < -0.39 is 0 Å². The number of carbonyl (C=O) groups is 2. The van der Waals surface area contributed by atoms with Gasteiger partial charge in [-0.3, -0.25) is 9.59 Å². The van der Waals surface area contributed by atoms with E-state index in [0.717, 1.165) is 6.42 Å². The summed E-state index contributed by atoms with van der Waals surface area (Å²) in [5.41, 5.74) is 0. The molecular weight excluding hydrogens is 206 g/mol. The highest BCUT2D eigenvalue weighted by Crippen LogP contribution is 2.05. The van der Waals surface area contributed by atoms with E-state index in [1.165, 1.54) is 11.0 Å². The third kappa shape index (κ3) is 4.96. The maximum atomic E-state index is 11.7. The van der Waals surface area contributed by atoms with Gasteiger partial charge >= 0.3 is 5.97 Å². The van der Waals surface area contributed by atoms with Gasteiger partial charge in [0.1, 0.15) is 6.54 Å². The van der Waals surface area contributed by atoms with Crippen molar-refractivity contribution in [3.05, 3.63) is 12.2 Å². The smallest absolute Gasteiger partial charge is 0.325 e. The van der Waals surface area contributed by atoms with Crippen LogP contribution in [0.25, 0.3) is 0 Å². The van der Waals surface area contributed by atoms with Crippen molar-refractivity contribution < 1.29 is 14.3 Å². The maximum absolute atomic E-state index is 11.7. The predicted molar refractivity (Wildman–Crippen MR) is 62.9 cm³/mol. The van der Waals surface area contributed by atoms with Gasteiger partial charge in [0, 0.05) is 6.04 Å². The summed E-state index contributed by atoms with van der Waals surface area (Å²) in [7, 11) is 0. The van der Waals surface area contributed by atoms with Crippen molar-refractivity contribution in [3.8, 4) is 0 Å². The van der Waals surface area contributed by atoms with Crippen LogP contribution < -0.4 is 0 Å². The molecule has 0 aromatic heterocycles. The number of hydrogen-bond acceptors (Lipinski definition) is 3. The van der Waals surface area contributed by atoms with Crippen LogP contribution in [0.15, 0.2) is 12.2 Å². The van der Waals surface area contributed by atoms with Gasteiger partial charge in [-0.15, -0.1) is 0 Å². The molecule has 0 aliphatic carbocycles. The number of allylic oxidation sites excluding steroid dienone is 1. The molecule has 1 unspecified atom stereocenters. The van der Waals surface area contributed by atoms with Crippen LogP contribution in [0.3, 0.4) is 0 Å². The molecule has 0 bridgehead atoms. The highest BCUT2D eigenvalue weighted by atomic mass is 16.5. The number of amides is 1. The molecule has 4 nitrogen and oxygen atoms in total. The lowest BCUT2D eigenvalue weighted by atomic mass is 10.2. The van der Waals surface area contributed by atoms with Gasteiger partial charge in [0.15, 0.2) is 0 Å². The van der Waals surface area contributed by atoms with Crippen LogP contribution in [0.2, 0.25) is 0 Å². The lowest BCUT2D eigenvalue weighted by molar-refractivity contribution is -0.148. The fourth-order valence-corrected chi connectivity index (χ4v) is 1.26. The highest BCUT2D eigenvalue weighted by molar-refractivity contribution is 5.90. The number of rotatable bonds is 6. The molecule has 0 radical (unpaired) electrons. The molecule has 0 aromatic carbocycles. The zero-order chi connectivity index (χ0) is 12.6. The van der Waals surface area contributed by atoms with Gasteiger partial charge in [-0.05, 0) is 33.3 Å². The lowest BCUT2D eigenvalue weighted by Gasteiger charge is -2.26. The summed E-state index contributed by atoms with van der Waals surface area (Å²) in [5.74, 6) is -0.509. The highest BCUT2D eigenvalue weighted by Gasteiger charge is 2.20. The van der Waals surface area contributed by atoms with Crippen LogP contribution in [-0.2, 0) is 14.3 Å². The second-order valence-corrected chi connectivity index (χ2v) is 3.53. The Morgan fingerprint density at radius 1 is 1.38 bits per heavy atom. The zero-order valence-corrected chi connectivity index (χ0v) is 10.5. The number of esters is 1. The van der Waals surface area contributed by atoms with Crippen LogP contribution in [-0.4, -0.2) is 36.0 Å². The molecule has 0 rings (SSSR count). The van der Waals surface area contributed by atoms with E-state index in [0.29, 0.717) is 6.61 Å². The number of hydrogen-bond donors (Lipinski definition) is 0. The summed E-state index contributed by atoms with van der Waals surface area (Å²) >= 11 is 0. The molecule has 0 heterocycles. The summed E-state index contributed by atoms with van der Waals surface area (Å²) in [6.07, 6.45) is 3.94. The molecule has 0 aliphatic rings. The Bertz CT molecular complexity index is 261. The third-order valence-corrected chi connectivity index (χ3v) is 2.32. The Labute approximate surface area is 97.3 Å². The molecule has 16 heavy (non-hydrogen) atoms. The predicted octanol–water partition coefficient (Wildman–Crippen LogP) is 1.75. The van der Waals surface area contributed by atoms with E-state index >= 15 is 0 Å². The minimum atomic E-state index is -0.361. The van der Waals surface area contributed by atoms with Crippen molar-refractivity contribution in [3.63, 3.8) is 0 Å². The monoisotopic (exact) mass is 227 g/mol. The average Bonchev–Trinajstić information content (AvgIpc) is 2.25. The quantitative estimate of drug-likeness (QED) is 0.513. The Balaban J connectivity index is 4.55. The average molecular weight is 227 g/mol. The molecular formula is C12H21NO3. The van der Waals surface area contributed by atoms with Gasteiger partial charge in [0.05, 0.1) is 6.61 Å². The van der Waals surface area contributed by atoms with Gasteiger partial charge in [-0.2, -0.15) is 0 Å². The molecule has 0 spiro atoms. The summed E-state index contributed by atoms with van der Waals surface area (Å²) in [6, 6.07) is 0.0353. The van der Waals surface area contributed by atoms with E-state index in [-0.39, 0.29) is 24.5 Å². The van der Waals surface area contributed by atoms with Crippen molar-refractivity contribution in [2.75, 3.05) is 13.2 Å². The summed E-state index contributed by atoms with van der Waals surface area (Å²) in [4.78, 5) is 24.6. The van der Waals surface area contributed by atoms with Crippen LogP contribution in [0.4, 0.5) is 0 Å². The molecule has 0 N–H and O–H groups in total. The van der Waals surface area contributed by atoms with Crippen molar-refractivity contribution in [2.24, 2.45) is 0 Å². The summed E-state index contributed by atoms with van der Waals surface area (Å²) in [5, 5.41) is 0. The topological polar surface area (TPSA) is 46.6 Å². The van der Waals surface area contributed by atoms with Crippen LogP contribution >= 0.6 is 0 Å². The molecule has 4 heteroatoms. The Hall–Kier alpha value is -1.32. The van der Waals surface area contributed by atoms with E-state index in [1.54, 1.807) is 19.9 Å². The maximum Gasteiger partial charge on any atom is 0.325 e. The first-order valence-corrected chi connectivity index (χ1v) is 5.65. The van der Waals surface area contributed by atoms with Gasteiger partial charge in [0.25, 0.3) is 0 Å². The molecule has 0 fully saturated rings. The number of carbonyl (C=O) groups excluding carboxylic acids is 2. The second kappa shape index (κ2) is 7.91. The fourth-order valence-electron chi connectivity index (χ4n) is 1.26. The van der Waals surface area contributed by atoms with Crippen LogP contribution in [0.5, 0.6) is 0 Å². The molecule has 92 valence electrons. The van der Waals surface area contributed by atoms with Crippen molar-refractivity contribution in [2.45, 2.75) is 40.2 Å². The minimum absolute atomic E-state index is 0.0199. The Kier molecular flexibility index (Phi) is 7.25. The van der Waals surface area contributed by atoms with Crippen molar-refractivity contribution in [1.82, 2.24) is 4.90 Å². The van der Waals surface area contributed by atoms with E-state index in [2.05, 4.69) is 0 Å². The van der Waals surface area contributed by atoms with Crippen molar-refractivity contribution in [1.29, 1.82) is 0 Å². The molecule has 0 saturated carbocycles. The van der Waals surface area contributed by atoms with Gasteiger partial charge in [-0.1, -0.05) is 13.0 Å². The molecule has 0 saturated heterocycles. The third-order valence-electron chi connectivity index (χ3n) is 2.32. The van der Waals surface area contributed by atoms with Gasteiger partial charge in [-0.25, -0.2) is 0 Å². The van der Waals surface area contributed by atoms with Crippen LogP contribution in [0.1, 0.15) is 34.1 Å². The zero-order valence-electron chi connectivity index (χ0n) is 10.5. The largest absolute Gasteiger partial charge is 0.465 e. The first kappa shape index (κ1) is 14.7. The van der Waals surface area contributed by atoms with Crippen molar-refractivity contribution >= 4 is 11.9 Å². The van der Waals surface area contributed by atoms with Gasteiger partial charge < -0.3 is 9.64 Å². The normalized spacial score (nSPS) is 12.5. The van der Waals surface area contributed by atoms with E-state index in [9.17, 15) is 9.59 Å². The van der Waals surface area contributed by atoms with Gasteiger partial charge in [0.2, 0.25) is 5.91 Å². The van der Waals surface area contributed by atoms with Crippen LogP contribution in [0, 0.1) is 0 Å². The fraction of sp³-hybridized carbons (Fsp3) is 0.667. The first-order chi connectivity index (χ1) is 7.56. The summed E-state index contributed by atoms with van der Waals surface area (Å²) < 4.78 is 4.84.